The molecule has 0 aliphatic heterocycles. The second-order valence-electron chi connectivity index (χ2n) is 6.45. The van der Waals surface area contributed by atoms with Gasteiger partial charge in [0.1, 0.15) is 5.84 Å². The van der Waals surface area contributed by atoms with Gasteiger partial charge in [0.15, 0.2) is 5.13 Å². The van der Waals surface area contributed by atoms with Gasteiger partial charge in [-0.15, -0.1) is 46.8 Å². The van der Waals surface area contributed by atoms with Crippen molar-refractivity contribution in [3.8, 4) is 11.3 Å². The highest BCUT2D eigenvalue weighted by atomic mass is 35.5. The molecule has 0 spiro atoms. The molecule has 0 atom stereocenters. The van der Waals surface area contributed by atoms with E-state index in [0.29, 0.717) is 0 Å². The lowest BCUT2D eigenvalue weighted by Crippen LogP contribution is -2.08. The molecule has 2 aromatic heterocycles. The van der Waals surface area contributed by atoms with Crippen molar-refractivity contribution in [3.63, 3.8) is 0 Å². The summed E-state index contributed by atoms with van der Waals surface area (Å²) in [5, 5.41) is 13.9. The van der Waals surface area contributed by atoms with E-state index in [4.69, 9.17) is 16.1 Å². The minimum Gasteiger partial charge on any atom is -0.383 e. The molecule has 8 heteroatoms. The lowest BCUT2D eigenvalue weighted by atomic mass is 10.1. The molecule has 4 N–H and O–H groups in total. The first-order valence-corrected chi connectivity index (χ1v) is 11.9. The number of thiazole rings is 1. The summed E-state index contributed by atoms with van der Waals surface area (Å²) >= 11 is 4.76. The molecular formula is C22H21ClN4S3. The van der Waals surface area contributed by atoms with E-state index in [1.165, 1.54) is 22.5 Å². The average molecular weight is 473 g/mol. The number of nitrogens with two attached hydrogens (primary N) is 1. The molecule has 4 rings (SSSR count). The molecule has 2 heterocycles. The summed E-state index contributed by atoms with van der Waals surface area (Å²) < 4.78 is 1.12. The lowest BCUT2D eigenvalue weighted by Gasteiger charge is -2.05. The molecule has 0 bridgehead atoms. The Hall–Kier alpha value is -2.32. The molecule has 4 aromatic rings. The maximum atomic E-state index is 7.67. The van der Waals surface area contributed by atoms with Crippen LogP contribution in [-0.2, 0) is 6.42 Å². The molecule has 0 saturated carbocycles. The Morgan fingerprint density at radius 3 is 2.47 bits per heavy atom. The number of nitrogen functional groups attached to an aromatic ring is 1. The number of anilines is 2. The third-order valence-corrected chi connectivity index (χ3v) is 7.45. The van der Waals surface area contributed by atoms with Crippen LogP contribution in [0.25, 0.3) is 11.3 Å². The number of thioether (sulfide) groups is 1. The molecule has 30 heavy (non-hydrogen) atoms. The van der Waals surface area contributed by atoms with Crippen LogP contribution in [0.4, 0.5) is 10.8 Å². The van der Waals surface area contributed by atoms with E-state index in [9.17, 15) is 0 Å². The van der Waals surface area contributed by atoms with Gasteiger partial charge in [0.25, 0.3) is 0 Å². The maximum absolute atomic E-state index is 7.67. The van der Waals surface area contributed by atoms with Gasteiger partial charge >= 0.3 is 0 Å². The van der Waals surface area contributed by atoms with E-state index in [-0.39, 0.29) is 18.2 Å². The highest BCUT2D eigenvalue weighted by Gasteiger charge is 2.15. The van der Waals surface area contributed by atoms with E-state index in [1.54, 1.807) is 23.1 Å². The van der Waals surface area contributed by atoms with Crippen LogP contribution >= 0.6 is 46.8 Å². The molecule has 0 aliphatic carbocycles. The van der Waals surface area contributed by atoms with E-state index in [0.717, 1.165) is 37.6 Å². The van der Waals surface area contributed by atoms with Crippen molar-refractivity contribution in [2.45, 2.75) is 10.6 Å². The van der Waals surface area contributed by atoms with Gasteiger partial charge in [-0.1, -0.05) is 42.5 Å². The van der Waals surface area contributed by atoms with Crippen molar-refractivity contribution in [2.75, 3.05) is 11.6 Å². The van der Waals surface area contributed by atoms with Gasteiger partial charge in [0.2, 0.25) is 0 Å². The van der Waals surface area contributed by atoms with Crippen LogP contribution in [0.5, 0.6) is 0 Å². The third-order valence-electron chi connectivity index (χ3n) is 4.39. The minimum atomic E-state index is 0. The van der Waals surface area contributed by atoms with Crippen molar-refractivity contribution in [1.29, 1.82) is 5.41 Å². The number of aromatic nitrogens is 1. The molecule has 2 aromatic carbocycles. The molecule has 0 saturated heterocycles. The monoisotopic (exact) mass is 472 g/mol. The lowest BCUT2D eigenvalue weighted by molar-refractivity contribution is 1.19. The number of halogens is 1. The fraction of sp³-hybridized carbons (Fsp3) is 0.0909. The van der Waals surface area contributed by atoms with Crippen LogP contribution in [0.2, 0.25) is 0 Å². The fourth-order valence-electron chi connectivity index (χ4n) is 2.95. The molecule has 0 radical (unpaired) electrons. The SMILES string of the molecule is CSc1sc(C(=N)N)cc1-c1csc(Nc2ccc(Cc3ccccc3)cc2)n1.Cl. The second kappa shape index (κ2) is 10.1. The summed E-state index contributed by atoms with van der Waals surface area (Å²) in [5.74, 6) is 0.0979. The van der Waals surface area contributed by atoms with Crippen molar-refractivity contribution in [3.05, 3.63) is 82.0 Å². The quantitative estimate of drug-likeness (QED) is 0.160. The number of hydrogen-bond acceptors (Lipinski definition) is 6. The first kappa shape index (κ1) is 22.4. The molecule has 154 valence electrons. The first-order valence-electron chi connectivity index (χ1n) is 9.00. The van der Waals surface area contributed by atoms with Crippen molar-refractivity contribution in [1.82, 2.24) is 4.98 Å². The first-order chi connectivity index (χ1) is 14.1. The maximum Gasteiger partial charge on any atom is 0.187 e. The second-order valence-corrected chi connectivity index (χ2v) is 9.44. The van der Waals surface area contributed by atoms with Gasteiger partial charge in [-0.05, 0) is 42.0 Å². The topological polar surface area (TPSA) is 74.8 Å². The Bertz CT molecular complexity index is 1120. The zero-order valence-electron chi connectivity index (χ0n) is 16.2. The van der Waals surface area contributed by atoms with Crippen molar-refractivity contribution >= 4 is 63.5 Å². The molecule has 0 fully saturated rings. The average Bonchev–Trinajstić information content (AvgIpc) is 3.37. The predicted octanol–water partition coefficient (Wildman–Crippen LogP) is 6.63. The number of thiophene rings is 1. The number of amidine groups is 1. The zero-order chi connectivity index (χ0) is 20.2. The summed E-state index contributed by atoms with van der Waals surface area (Å²) in [5.41, 5.74) is 11.2. The molecule has 0 amide bonds. The summed E-state index contributed by atoms with van der Waals surface area (Å²) in [7, 11) is 0. The number of hydrogen-bond donors (Lipinski definition) is 3. The third kappa shape index (κ3) is 5.23. The van der Waals surface area contributed by atoms with E-state index < -0.39 is 0 Å². The van der Waals surface area contributed by atoms with Crippen LogP contribution < -0.4 is 11.1 Å². The number of nitrogens with one attached hydrogen (secondary N) is 2. The molecule has 4 nitrogen and oxygen atoms in total. The Balaban J connectivity index is 0.00000256. The fourth-order valence-corrected chi connectivity index (χ4v) is 5.43. The highest BCUT2D eigenvalue weighted by molar-refractivity contribution is 8.00. The molecular weight excluding hydrogens is 452 g/mol. The van der Waals surface area contributed by atoms with E-state index >= 15 is 0 Å². The normalized spacial score (nSPS) is 10.4. The zero-order valence-corrected chi connectivity index (χ0v) is 19.5. The summed E-state index contributed by atoms with van der Waals surface area (Å²) in [6.45, 7) is 0. The predicted molar refractivity (Wildman–Crippen MR) is 134 cm³/mol. The summed E-state index contributed by atoms with van der Waals surface area (Å²) in [4.78, 5) is 5.52. The van der Waals surface area contributed by atoms with Gasteiger partial charge in [0.05, 0.1) is 14.8 Å². The minimum absolute atomic E-state index is 0. The van der Waals surface area contributed by atoms with Gasteiger partial charge in [-0.2, -0.15) is 0 Å². The van der Waals surface area contributed by atoms with Gasteiger partial charge in [-0.3, -0.25) is 5.41 Å². The van der Waals surface area contributed by atoms with Gasteiger partial charge in [-0.25, -0.2) is 4.98 Å². The van der Waals surface area contributed by atoms with Crippen molar-refractivity contribution in [2.24, 2.45) is 5.73 Å². The molecule has 0 unspecified atom stereocenters. The van der Waals surface area contributed by atoms with Crippen LogP contribution in [-0.4, -0.2) is 17.1 Å². The number of rotatable bonds is 7. The van der Waals surface area contributed by atoms with Crippen LogP contribution in [0.3, 0.4) is 0 Å². The summed E-state index contributed by atoms with van der Waals surface area (Å²) in [6, 6.07) is 20.9. The Labute approximate surface area is 194 Å². The van der Waals surface area contributed by atoms with Crippen molar-refractivity contribution < 1.29 is 0 Å². The highest BCUT2D eigenvalue weighted by Crippen LogP contribution is 2.39. The smallest absolute Gasteiger partial charge is 0.187 e. The largest absolute Gasteiger partial charge is 0.383 e. The van der Waals surface area contributed by atoms with Gasteiger partial charge < -0.3 is 11.1 Å². The number of nitrogens with zero attached hydrogens (tertiary/aromatic N) is 1. The van der Waals surface area contributed by atoms with Crippen LogP contribution in [0, 0.1) is 5.41 Å². The Morgan fingerprint density at radius 2 is 1.80 bits per heavy atom. The van der Waals surface area contributed by atoms with E-state index in [2.05, 4.69) is 53.8 Å². The standard InChI is InChI=1S/C22H20N4S3.ClH/c1-27-21-17(12-19(29-21)20(23)24)18-13-28-22(26-18)25-16-9-7-15(8-10-16)11-14-5-3-2-4-6-14;/h2-10,12-13H,11H2,1H3,(H3,23,24)(H,25,26);1H. The number of benzene rings is 2. The summed E-state index contributed by atoms with van der Waals surface area (Å²) in [6.07, 6.45) is 2.96. The van der Waals surface area contributed by atoms with Gasteiger partial charge in [0, 0.05) is 16.6 Å². The Kier molecular flexibility index (Phi) is 7.55. The Morgan fingerprint density at radius 1 is 1.10 bits per heavy atom. The van der Waals surface area contributed by atoms with E-state index in [1.807, 2.05) is 23.8 Å². The van der Waals surface area contributed by atoms with Crippen LogP contribution in [0.15, 0.2) is 70.3 Å². The molecule has 0 aliphatic rings. The van der Waals surface area contributed by atoms with Crippen LogP contribution in [0.1, 0.15) is 16.0 Å².